The molecule has 0 aliphatic rings. The van der Waals surface area contributed by atoms with E-state index in [-0.39, 0.29) is 12.6 Å². The maximum Gasteiger partial charge on any atom is 0.225 e. The Bertz CT molecular complexity index is 811. The van der Waals surface area contributed by atoms with Gasteiger partial charge in [0.2, 0.25) is 5.95 Å². The van der Waals surface area contributed by atoms with Crippen molar-refractivity contribution in [2.75, 3.05) is 23.8 Å². The van der Waals surface area contributed by atoms with Gasteiger partial charge in [0.25, 0.3) is 0 Å². The van der Waals surface area contributed by atoms with Crippen molar-refractivity contribution in [1.82, 2.24) is 15.0 Å². The number of nitrogens with zero attached hydrogens (tertiary/aromatic N) is 3. The molecule has 0 aliphatic carbocycles. The minimum Gasteiger partial charge on any atom is -0.394 e. The average Bonchev–Trinajstić information content (AvgIpc) is 2.69. The van der Waals surface area contributed by atoms with Crippen LogP contribution in [0.1, 0.15) is 12.5 Å². The molecule has 1 atom stereocenters. The second-order valence-electron chi connectivity index (χ2n) is 6.09. The normalized spacial score (nSPS) is 11.8. The molecular weight excluding hydrogens is 326 g/mol. The summed E-state index contributed by atoms with van der Waals surface area (Å²) in [6.45, 7) is 2.66. The van der Waals surface area contributed by atoms with Crippen LogP contribution in [0, 0.1) is 0 Å². The summed E-state index contributed by atoms with van der Waals surface area (Å²) in [5.74, 6) is 1.25. The fourth-order valence-electron chi connectivity index (χ4n) is 2.51. The fraction of sp³-hybridized carbons (Fsp3) is 0.250. The lowest BCUT2D eigenvalue weighted by Gasteiger charge is -2.14. The Hall–Kier alpha value is -2.99. The molecule has 6 heteroatoms. The number of anilines is 2. The van der Waals surface area contributed by atoms with Crippen molar-refractivity contribution in [2.24, 2.45) is 0 Å². The van der Waals surface area contributed by atoms with Crippen molar-refractivity contribution < 1.29 is 5.11 Å². The summed E-state index contributed by atoms with van der Waals surface area (Å²) < 4.78 is 0. The largest absolute Gasteiger partial charge is 0.394 e. The van der Waals surface area contributed by atoms with Gasteiger partial charge in [-0.1, -0.05) is 30.3 Å². The summed E-state index contributed by atoms with van der Waals surface area (Å²) in [5, 5.41) is 15.8. The van der Waals surface area contributed by atoms with Gasteiger partial charge < -0.3 is 15.7 Å². The van der Waals surface area contributed by atoms with Crippen LogP contribution in [0.25, 0.3) is 11.3 Å². The molecule has 0 radical (unpaired) electrons. The minimum absolute atomic E-state index is 0.0176. The summed E-state index contributed by atoms with van der Waals surface area (Å²) in [6, 6.07) is 15.8. The van der Waals surface area contributed by atoms with Crippen LogP contribution in [0.2, 0.25) is 0 Å². The Morgan fingerprint density at radius 1 is 1.04 bits per heavy atom. The van der Waals surface area contributed by atoms with E-state index in [1.807, 2.05) is 55.5 Å². The lowest BCUT2D eigenvalue weighted by Crippen LogP contribution is -2.21. The van der Waals surface area contributed by atoms with Crippen LogP contribution in [-0.2, 0) is 6.42 Å². The van der Waals surface area contributed by atoms with Crippen molar-refractivity contribution in [1.29, 1.82) is 0 Å². The molecule has 0 bridgehead atoms. The van der Waals surface area contributed by atoms with Crippen molar-refractivity contribution in [3.8, 4) is 11.3 Å². The molecule has 1 aromatic carbocycles. The Labute approximate surface area is 153 Å². The first kappa shape index (κ1) is 17.8. The van der Waals surface area contributed by atoms with Crippen molar-refractivity contribution >= 4 is 11.8 Å². The third-order valence-electron chi connectivity index (χ3n) is 3.91. The van der Waals surface area contributed by atoms with Crippen molar-refractivity contribution in [3.05, 3.63) is 66.5 Å². The molecule has 2 heterocycles. The molecule has 0 amide bonds. The summed E-state index contributed by atoms with van der Waals surface area (Å²) >= 11 is 0. The van der Waals surface area contributed by atoms with Crippen LogP contribution < -0.4 is 10.6 Å². The fourth-order valence-corrected chi connectivity index (χ4v) is 2.51. The Morgan fingerprint density at radius 2 is 1.81 bits per heavy atom. The first-order chi connectivity index (χ1) is 12.7. The second kappa shape index (κ2) is 8.92. The molecular formula is C20H23N5O. The lowest BCUT2D eigenvalue weighted by atomic mass is 10.1. The van der Waals surface area contributed by atoms with Gasteiger partial charge in [-0.15, -0.1) is 0 Å². The standard InChI is InChI=1S/C20H23N5O/c1-15(14-26)23-20-24-18(17-5-3-2-4-6-17)13-19(25-20)22-12-9-16-7-10-21-11-8-16/h2-8,10-11,13,15,26H,9,12,14H2,1H3,(H2,22,23,24,25)/t15-/m1/s1. The average molecular weight is 349 g/mol. The number of aromatic nitrogens is 3. The maximum atomic E-state index is 9.28. The molecule has 0 fully saturated rings. The van der Waals surface area contributed by atoms with E-state index in [1.54, 1.807) is 12.4 Å². The summed E-state index contributed by atoms with van der Waals surface area (Å²) in [7, 11) is 0. The quantitative estimate of drug-likeness (QED) is 0.580. The molecule has 0 aliphatic heterocycles. The van der Waals surface area contributed by atoms with Crippen LogP contribution in [0.5, 0.6) is 0 Å². The van der Waals surface area contributed by atoms with Crippen LogP contribution in [-0.4, -0.2) is 39.3 Å². The highest BCUT2D eigenvalue weighted by Crippen LogP contribution is 2.21. The van der Waals surface area contributed by atoms with Gasteiger partial charge in [0.15, 0.2) is 0 Å². The van der Waals surface area contributed by atoms with Gasteiger partial charge in [-0.05, 0) is 31.0 Å². The molecule has 3 rings (SSSR count). The molecule has 3 aromatic rings. The van der Waals surface area contributed by atoms with E-state index in [1.165, 1.54) is 5.56 Å². The highest BCUT2D eigenvalue weighted by atomic mass is 16.3. The number of hydrogen-bond donors (Lipinski definition) is 3. The van der Waals surface area contributed by atoms with Crippen molar-refractivity contribution in [3.63, 3.8) is 0 Å². The molecule has 134 valence electrons. The van der Waals surface area contributed by atoms with Crippen molar-refractivity contribution in [2.45, 2.75) is 19.4 Å². The second-order valence-corrected chi connectivity index (χ2v) is 6.09. The SMILES string of the molecule is C[C@H](CO)Nc1nc(NCCc2ccncc2)cc(-c2ccccc2)n1. The zero-order valence-corrected chi connectivity index (χ0v) is 14.8. The smallest absolute Gasteiger partial charge is 0.225 e. The highest BCUT2D eigenvalue weighted by Gasteiger charge is 2.09. The van der Waals surface area contributed by atoms with Crippen LogP contribution in [0.3, 0.4) is 0 Å². The summed E-state index contributed by atoms with van der Waals surface area (Å²) in [4.78, 5) is 13.1. The number of nitrogens with one attached hydrogen (secondary N) is 2. The predicted octanol–water partition coefficient (Wildman–Crippen LogP) is 2.99. The molecule has 2 aromatic heterocycles. The topological polar surface area (TPSA) is 83.0 Å². The van der Waals surface area contributed by atoms with Gasteiger partial charge in [0.05, 0.1) is 12.3 Å². The number of hydrogen-bond acceptors (Lipinski definition) is 6. The van der Waals surface area contributed by atoms with E-state index in [4.69, 9.17) is 0 Å². The molecule has 26 heavy (non-hydrogen) atoms. The summed E-state index contributed by atoms with van der Waals surface area (Å²) in [5.41, 5.74) is 3.07. The van der Waals surface area contributed by atoms with Crippen LogP contribution >= 0.6 is 0 Å². The van der Waals surface area contributed by atoms with E-state index in [9.17, 15) is 5.11 Å². The number of benzene rings is 1. The Balaban J connectivity index is 1.77. The predicted molar refractivity (Wildman–Crippen MR) is 104 cm³/mol. The number of pyridine rings is 1. The number of rotatable bonds is 8. The zero-order valence-electron chi connectivity index (χ0n) is 14.8. The lowest BCUT2D eigenvalue weighted by molar-refractivity contribution is 0.281. The van der Waals surface area contributed by atoms with Gasteiger partial charge in [0, 0.05) is 36.6 Å². The van der Waals surface area contributed by atoms with Gasteiger partial charge in [-0.25, -0.2) is 4.98 Å². The minimum atomic E-state index is -0.120. The third kappa shape index (κ3) is 5.00. The van der Waals surface area contributed by atoms with Gasteiger partial charge >= 0.3 is 0 Å². The Kier molecular flexibility index (Phi) is 6.11. The molecule has 6 nitrogen and oxygen atoms in total. The third-order valence-corrected chi connectivity index (χ3v) is 3.91. The monoisotopic (exact) mass is 349 g/mol. The number of aliphatic hydroxyl groups excluding tert-OH is 1. The highest BCUT2D eigenvalue weighted by molar-refractivity contribution is 5.64. The molecule has 0 saturated heterocycles. The van der Waals surface area contributed by atoms with E-state index in [0.29, 0.717) is 5.95 Å². The van der Waals surface area contributed by atoms with Crippen LogP contribution in [0.4, 0.5) is 11.8 Å². The molecule has 3 N–H and O–H groups in total. The van der Waals surface area contributed by atoms with Gasteiger partial charge in [-0.2, -0.15) is 4.98 Å². The van der Waals surface area contributed by atoms with E-state index in [0.717, 1.165) is 30.0 Å². The van der Waals surface area contributed by atoms with Gasteiger partial charge in [-0.3, -0.25) is 4.98 Å². The summed E-state index contributed by atoms with van der Waals surface area (Å²) in [6.07, 6.45) is 4.47. The van der Waals surface area contributed by atoms with Gasteiger partial charge in [0.1, 0.15) is 5.82 Å². The van der Waals surface area contributed by atoms with E-state index in [2.05, 4.69) is 25.6 Å². The first-order valence-corrected chi connectivity index (χ1v) is 8.69. The molecule has 0 spiro atoms. The first-order valence-electron chi connectivity index (χ1n) is 8.69. The zero-order chi connectivity index (χ0) is 18.2. The van der Waals surface area contributed by atoms with Crippen LogP contribution in [0.15, 0.2) is 60.9 Å². The Morgan fingerprint density at radius 3 is 2.54 bits per heavy atom. The maximum absolute atomic E-state index is 9.28. The van der Waals surface area contributed by atoms with E-state index >= 15 is 0 Å². The van der Waals surface area contributed by atoms with E-state index < -0.39 is 0 Å². The molecule has 0 saturated carbocycles. The molecule has 0 unspecified atom stereocenters. The number of aliphatic hydroxyl groups is 1.